The quantitative estimate of drug-likeness (QED) is 0.862. The Morgan fingerprint density at radius 3 is 2.94 bits per heavy atom. The van der Waals surface area contributed by atoms with Gasteiger partial charge in [0.05, 0.1) is 12.8 Å². The predicted molar refractivity (Wildman–Crippen MR) is 68.0 cm³/mol. The van der Waals surface area contributed by atoms with Crippen molar-refractivity contribution in [1.82, 2.24) is 9.97 Å². The van der Waals surface area contributed by atoms with Gasteiger partial charge in [-0.1, -0.05) is 0 Å². The van der Waals surface area contributed by atoms with Gasteiger partial charge in [0.15, 0.2) is 5.82 Å². The van der Waals surface area contributed by atoms with Crippen molar-refractivity contribution in [3.63, 3.8) is 0 Å². The van der Waals surface area contributed by atoms with Crippen LogP contribution in [0, 0.1) is 0 Å². The highest BCUT2D eigenvalue weighted by molar-refractivity contribution is 5.46. The Balaban J connectivity index is 2.16. The van der Waals surface area contributed by atoms with Crippen LogP contribution in [-0.4, -0.2) is 24.1 Å². The molecular weight excluding hydrogens is 232 g/mol. The predicted octanol–water partition coefficient (Wildman–Crippen LogP) is 1.43. The van der Waals surface area contributed by atoms with E-state index >= 15 is 0 Å². The average molecular weight is 248 g/mol. The Morgan fingerprint density at radius 2 is 2.28 bits per heavy atom. The van der Waals surface area contributed by atoms with Crippen LogP contribution in [0.15, 0.2) is 28.9 Å². The molecule has 0 saturated carbocycles. The third kappa shape index (κ3) is 2.98. The molecule has 0 spiro atoms. The van der Waals surface area contributed by atoms with Gasteiger partial charge in [-0.05, 0) is 12.1 Å². The molecule has 2 rings (SSSR count). The lowest BCUT2D eigenvalue weighted by Crippen LogP contribution is -2.19. The number of anilines is 2. The van der Waals surface area contributed by atoms with Gasteiger partial charge in [-0.15, -0.1) is 0 Å². The summed E-state index contributed by atoms with van der Waals surface area (Å²) in [5.41, 5.74) is 5.74. The van der Waals surface area contributed by atoms with Gasteiger partial charge in [0.25, 0.3) is 0 Å². The van der Waals surface area contributed by atoms with E-state index in [9.17, 15) is 0 Å². The Labute approximate surface area is 105 Å². The second-order valence-electron chi connectivity index (χ2n) is 3.94. The first kappa shape index (κ1) is 12.4. The highest BCUT2D eigenvalue weighted by atomic mass is 16.5. The van der Waals surface area contributed by atoms with Crippen molar-refractivity contribution in [2.45, 2.75) is 13.2 Å². The number of nitrogens with zero attached hydrogens (tertiary/aromatic N) is 3. The Kier molecular flexibility index (Phi) is 3.78. The standard InChI is InChI=1S/C12H16N4O2/c1-16(7-9-4-3-5-18-9)12-6-10(13)14-11(15-12)8-17-2/h3-6H,7-8H2,1-2H3,(H2,13,14,15). The Hall–Kier alpha value is -2.08. The summed E-state index contributed by atoms with van der Waals surface area (Å²) in [5.74, 6) is 2.60. The summed E-state index contributed by atoms with van der Waals surface area (Å²) in [5, 5.41) is 0. The highest BCUT2D eigenvalue weighted by Crippen LogP contribution is 2.16. The van der Waals surface area contributed by atoms with Gasteiger partial charge in [-0.25, -0.2) is 9.97 Å². The van der Waals surface area contributed by atoms with Gasteiger partial charge in [-0.2, -0.15) is 0 Å². The first-order valence-corrected chi connectivity index (χ1v) is 5.55. The number of hydrogen-bond acceptors (Lipinski definition) is 6. The summed E-state index contributed by atoms with van der Waals surface area (Å²) in [6.45, 7) is 0.961. The normalized spacial score (nSPS) is 10.6. The molecule has 0 atom stereocenters. The maximum absolute atomic E-state index is 5.74. The van der Waals surface area contributed by atoms with Crippen molar-refractivity contribution >= 4 is 11.6 Å². The second-order valence-corrected chi connectivity index (χ2v) is 3.94. The number of nitrogen functional groups attached to an aromatic ring is 1. The molecule has 0 amide bonds. The number of aromatic nitrogens is 2. The maximum Gasteiger partial charge on any atom is 0.158 e. The first-order chi connectivity index (χ1) is 8.69. The molecule has 2 N–H and O–H groups in total. The van der Waals surface area contributed by atoms with Crippen LogP contribution in [0.4, 0.5) is 11.6 Å². The lowest BCUT2D eigenvalue weighted by Gasteiger charge is -2.17. The first-order valence-electron chi connectivity index (χ1n) is 5.55. The molecule has 0 radical (unpaired) electrons. The molecule has 0 aliphatic heterocycles. The van der Waals surface area contributed by atoms with Gasteiger partial charge < -0.3 is 19.8 Å². The molecule has 6 heteroatoms. The van der Waals surface area contributed by atoms with Crippen LogP contribution in [0.2, 0.25) is 0 Å². The maximum atomic E-state index is 5.74. The molecule has 0 aliphatic carbocycles. The fourth-order valence-corrected chi connectivity index (χ4v) is 1.61. The van der Waals surface area contributed by atoms with E-state index in [4.69, 9.17) is 14.9 Å². The largest absolute Gasteiger partial charge is 0.467 e. The zero-order valence-electron chi connectivity index (χ0n) is 10.5. The fourth-order valence-electron chi connectivity index (χ4n) is 1.61. The van der Waals surface area contributed by atoms with Crippen LogP contribution in [0.3, 0.4) is 0 Å². The van der Waals surface area contributed by atoms with Crippen LogP contribution >= 0.6 is 0 Å². The van der Waals surface area contributed by atoms with Gasteiger partial charge in [0.1, 0.15) is 24.0 Å². The summed E-state index contributed by atoms with van der Waals surface area (Å²) in [7, 11) is 3.51. The van der Waals surface area contributed by atoms with E-state index < -0.39 is 0 Å². The van der Waals surface area contributed by atoms with E-state index in [-0.39, 0.29) is 0 Å². The molecule has 0 aliphatic rings. The number of methoxy groups -OCH3 is 1. The molecule has 2 heterocycles. The second kappa shape index (κ2) is 5.50. The smallest absolute Gasteiger partial charge is 0.158 e. The lowest BCUT2D eigenvalue weighted by molar-refractivity contribution is 0.178. The molecule has 0 saturated heterocycles. The molecule has 18 heavy (non-hydrogen) atoms. The minimum atomic E-state index is 0.340. The minimum Gasteiger partial charge on any atom is -0.467 e. The summed E-state index contributed by atoms with van der Waals surface area (Å²) < 4.78 is 10.3. The van der Waals surface area contributed by atoms with Gasteiger partial charge in [0.2, 0.25) is 0 Å². The zero-order valence-corrected chi connectivity index (χ0v) is 10.5. The Bertz CT molecular complexity index is 499. The van der Waals surface area contributed by atoms with Gasteiger partial charge >= 0.3 is 0 Å². The van der Waals surface area contributed by atoms with E-state index in [1.165, 1.54) is 0 Å². The van der Waals surface area contributed by atoms with Crippen LogP contribution in [-0.2, 0) is 17.9 Å². The summed E-state index contributed by atoms with van der Waals surface area (Å²) in [6, 6.07) is 5.49. The van der Waals surface area contributed by atoms with Crippen molar-refractivity contribution in [1.29, 1.82) is 0 Å². The van der Waals surface area contributed by atoms with Crippen molar-refractivity contribution in [2.75, 3.05) is 24.8 Å². The summed E-state index contributed by atoms with van der Waals surface area (Å²) in [6.07, 6.45) is 1.65. The monoisotopic (exact) mass is 248 g/mol. The summed E-state index contributed by atoms with van der Waals surface area (Å²) in [4.78, 5) is 10.4. The SMILES string of the molecule is COCc1nc(N)cc(N(C)Cc2ccco2)n1. The van der Waals surface area contributed by atoms with E-state index in [0.29, 0.717) is 24.8 Å². The van der Waals surface area contributed by atoms with Crippen LogP contribution in [0.25, 0.3) is 0 Å². The molecule has 0 unspecified atom stereocenters. The number of ether oxygens (including phenoxy) is 1. The van der Waals surface area contributed by atoms with Gasteiger partial charge in [0, 0.05) is 20.2 Å². The third-order valence-electron chi connectivity index (χ3n) is 2.42. The van der Waals surface area contributed by atoms with E-state index in [0.717, 1.165) is 11.6 Å². The number of furan rings is 1. The van der Waals surface area contributed by atoms with E-state index in [1.54, 1.807) is 19.4 Å². The number of rotatable bonds is 5. The summed E-state index contributed by atoms with van der Waals surface area (Å²) >= 11 is 0. The highest BCUT2D eigenvalue weighted by Gasteiger charge is 2.09. The van der Waals surface area contributed by atoms with Crippen molar-refractivity contribution in [3.05, 3.63) is 36.0 Å². The van der Waals surface area contributed by atoms with E-state index in [2.05, 4.69) is 9.97 Å². The van der Waals surface area contributed by atoms with E-state index in [1.807, 2.05) is 24.1 Å². The molecular formula is C12H16N4O2. The third-order valence-corrected chi connectivity index (χ3v) is 2.42. The van der Waals surface area contributed by atoms with Crippen molar-refractivity contribution in [2.24, 2.45) is 0 Å². The van der Waals surface area contributed by atoms with Gasteiger partial charge in [-0.3, -0.25) is 0 Å². The van der Waals surface area contributed by atoms with Crippen molar-refractivity contribution < 1.29 is 9.15 Å². The van der Waals surface area contributed by atoms with Crippen molar-refractivity contribution in [3.8, 4) is 0 Å². The van der Waals surface area contributed by atoms with Crippen LogP contribution in [0.1, 0.15) is 11.6 Å². The van der Waals surface area contributed by atoms with Crippen LogP contribution in [0.5, 0.6) is 0 Å². The lowest BCUT2D eigenvalue weighted by atomic mass is 10.4. The van der Waals surface area contributed by atoms with Crippen LogP contribution < -0.4 is 10.6 Å². The number of hydrogen-bond donors (Lipinski definition) is 1. The molecule has 2 aromatic rings. The molecule has 0 aromatic carbocycles. The molecule has 96 valence electrons. The minimum absolute atomic E-state index is 0.340. The Morgan fingerprint density at radius 1 is 1.44 bits per heavy atom. The zero-order chi connectivity index (χ0) is 13.0. The fraction of sp³-hybridized carbons (Fsp3) is 0.333. The molecule has 0 fully saturated rings. The molecule has 0 bridgehead atoms. The average Bonchev–Trinajstić information content (AvgIpc) is 2.81. The topological polar surface area (TPSA) is 77.4 Å². The number of nitrogens with two attached hydrogens (primary N) is 1. The molecule has 6 nitrogen and oxygen atoms in total. The molecule has 2 aromatic heterocycles.